The second-order valence-electron chi connectivity index (χ2n) is 6.07. The topological polar surface area (TPSA) is 54.9 Å². The van der Waals surface area contributed by atoms with Gasteiger partial charge in [-0.1, -0.05) is 24.6 Å². The molecule has 2 rings (SSSR count). The number of rotatable bonds is 6. The average molecular weight is 327 g/mol. The molecule has 0 saturated carbocycles. The fourth-order valence-corrected chi connectivity index (χ4v) is 2.31. The number of alkyl halides is 2. The van der Waals surface area contributed by atoms with Crippen LogP contribution in [0.2, 0.25) is 0 Å². The molecule has 5 nitrogen and oxygen atoms in total. The summed E-state index contributed by atoms with van der Waals surface area (Å²) in [6.45, 7) is 3.72. The van der Waals surface area contributed by atoms with Crippen LogP contribution in [-0.4, -0.2) is 39.4 Å². The molecular weight excluding hydrogens is 304 g/mol. The number of aryl methyl sites for hydroxylation is 1. The molecule has 23 heavy (non-hydrogen) atoms. The molecule has 1 saturated heterocycles. The van der Waals surface area contributed by atoms with Crippen LogP contribution in [0, 0.1) is 12.3 Å². The Labute approximate surface area is 135 Å². The fraction of sp³-hybridized carbons (Fsp3) is 0.562. The van der Waals surface area contributed by atoms with Crippen molar-refractivity contribution in [2.45, 2.75) is 27.0 Å². The van der Waals surface area contributed by atoms with E-state index in [4.69, 9.17) is 4.74 Å². The van der Waals surface area contributed by atoms with Crippen LogP contribution in [0.25, 0.3) is 0 Å². The smallest absolute Gasteiger partial charge is 0.387 e. The van der Waals surface area contributed by atoms with Crippen LogP contribution in [0.5, 0.6) is 5.75 Å². The van der Waals surface area contributed by atoms with Crippen LogP contribution in [0.15, 0.2) is 23.2 Å². The van der Waals surface area contributed by atoms with Gasteiger partial charge in [-0.15, -0.1) is 0 Å². The number of guanidine groups is 1. The van der Waals surface area contributed by atoms with Crippen LogP contribution in [0.1, 0.15) is 18.1 Å². The number of nitrogens with one attached hydrogen (secondary N) is 2. The van der Waals surface area contributed by atoms with Crippen molar-refractivity contribution in [1.29, 1.82) is 0 Å². The van der Waals surface area contributed by atoms with Crippen molar-refractivity contribution >= 4 is 5.96 Å². The van der Waals surface area contributed by atoms with Crippen molar-refractivity contribution < 1.29 is 18.3 Å². The minimum Gasteiger partial charge on any atom is -0.434 e. The lowest BCUT2D eigenvalue weighted by Crippen LogP contribution is -2.50. The summed E-state index contributed by atoms with van der Waals surface area (Å²) in [6, 6.07) is 5.12. The summed E-state index contributed by atoms with van der Waals surface area (Å²) < 4.78 is 34.7. The van der Waals surface area contributed by atoms with Crippen LogP contribution in [0.3, 0.4) is 0 Å². The normalized spacial score (nSPS) is 16.9. The van der Waals surface area contributed by atoms with E-state index in [1.165, 1.54) is 0 Å². The Kier molecular flexibility index (Phi) is 5.76. The van der Waals surface area contributed by atoms with E-state index in [1.54, 1.807) is 19.2 Å². The summed E-state index contributed by atoms with van der Waals surface area (Å²) in [7, 11) is 1.67. The van der Waals surface area contributed by atoms with Gasteiger partial charge in [-0.25, -0.2) is 0 Å². The predicted molar refractivity (Wildman–Crippen MR) is 84.9 cm³/mol. The summed E-state index contributed by atoms with van der Waals surface area (Å²) in [5.41, 5.74) is 1.75. The van der Waals surface area contributed by atoms with Crippen LogP contribution >= 0.6 is 0 Å². The molecule has 0 atom stereocenters. The monoisotopic (exact) mass is 327 g/mol. The first-order valence-electron chi connectivity index (χ1n) is 7.48. The molecule has 1 aliphatic rings. The Morgan fingerprint density at radius 2 is 2.13 bits per heavy atom. The third-order valence-corrected chi connectivity index (χ3v) is 3.69. The van der Waals surface area contributed by atoms with E-state index in [1.807, 2.05) is 13.0 Å². The Hall–Kier alpha value is -1.89. The highest BCUT2D eigenvalue weighted by molar-refractivity contribution is 5.79. The summed E-state index contributed by atoms with van der Waals surface area (Å²) in [4.78, 5) is 4.14. The molecule has 7 heteroatoms. The van der Waals surface area contributed by atoms with Gasteiger partial charge < -0.3 is 20.1 Å². The van der Waals surface area contributed by atoms with E-state index in [9.17, 15) is 8.78 Å². The molecule has 0 radical (unpaired) electrons. The molecule has 1 heterocycles. The number of halogens is 2. The molecule has 1 aromatic carbocycles. The number of aliphatic imine (C=N–C) groups is 1. The second kappa shape index (κ2) is 7.59. The largest absolute Gasteiger partial charge is 0.434 e. The van der Waals surface area contributed by atoms with Gasteiger partial charge in [-0.05, 0) is 13.0 Å². The number of hydrogen-bond donors (Lipinski definition) is 2. The van der Waals surface area contributed by atoms with Crippen molar-refractivity contribution in [2.75, 3.05) is 26.8 Å². The molecule has 1 aromatic rings. The SMILES string of the molecule is CN=C(NCc1cc(C)ccc1OC(F)F)NCC1(C)COC1. The van der Waals surface area contributed by atoms with Crippen molar-refractivity contribution in [1.82, 2.24) is 10.6 Å². The maximum Gasteiger partial charge on any atom is 0.387 e. The zero-order valence-electron chi connectivity index (χ0n) is 13.7. The van der Waals surface area contributed by atoms with Crippen LogP contribution < -0.4 is 15.4 Å². The molecule has 128 valence electrons. The first-order valence-corrected chi connectivity index (χ1v) is 7.48. The average Bonchev–Trinajstić information content (AvgIpc) is 2.47. The second-order valence-corrected chi connectivity index (χ2v) is 6.07. The van der Waals surface area contributed by atoms with Gasteiger partial charge in [-0.3, -0.25) is 4.99 Å². The van der Waals surface area contributed by atoms with E-state index < -0.39 is 6.61 Å². The summed E-state index contributed by atoms with van der Waals surface area (Å²) >= 11 is 0. The summed E-state index contributed by atoms with van der Waals surface area (Å²) in [6.07, 6.45) is 0. The molecule has 0 spiro atoms. The highest BCUT2D eigenvalue weighted by Gasteiger charge is 2.33. The molecule has 0 amide bonds. The zero-order valence-corrected chi connectivity index (χ0v) is 13.7. The van der Waals surface area contributed by atoms with Gasteiger partial charge in [0.1, 0.15) is 5.75 Å². The van der Waals surface area contributed by atoms with E-state index in [0.29, 0.717) is 18.1 Å². The Balaban J connectivity index is 1.93. The Morgan fingerprint density at radius 1 is 1.39 bits per heavy atom. The van der Waals surface area contributed by atoms with Gasteiger partial charge in [0, 0.05) is 31.1 Å². The van der Waals surface area contributed by atoms with Crippen LogP contribution in [0.4, 0.5) is 8.78 Å². The maximum absolute atomic E-state index is 12.5. The van der Waals surface area contributed by atoms with Crippen molar-refractivity contribution in [3.05, 3.63) is 29.3 Å². The van der Waals surface area contributed by atoms with Gasteiger partial charge >= 0.3 is 6.61 Å². The molecule has 1 aliphatic heterocycles. The lowest BCUT2D eigenvalue weighted by atomic mass is 9.89. The summed E-state index contributed by atoms with van der Waals surface area (Å²) in [5.74, 6) is 0.788. The molecule has 2 N–H and O–H groups in total. The summed E-state index contributed by atoms with van der Waals surface area (Å²) in [5, 5.41) is 6.35. The van der Waals surface area contributed by atoms with Gasteiger partial charge in [0.25, 0.3) is 0 Å². The first kappa shape index (κ1) is 17.5. The minimum atomic E-state index is -2.84. The third kappa shape index (κ3) is 5.06. The number of nitrogens with zero attached hydrogens (tertiary/aromatic N) is 1. The predicted octanol–water partition coefficient (Wildman–Crippen LogP) is 2.30. The maximum atomic E-state index is 12.5. The van der Waals surface area contributed by atoms with Gasteiger partial charge in [0.2, 0.25) is 0 Å². The first-order chi connectivity index (χ1) is 10.9. The highest BCUT2D eigenvalue weighted by atomic mass is 19.3. The highest BCUT2D eigenvalue weighted by Crippen LogP contribution is 2.25. The molecule has 0 unspecified atom stereocenters. The van der Waals surface area contributed by atoms with Gasteiger partial charge in [0.05, 0.1) is 13.2 Å². The van der Waals surface area contributed by atoms with Gasteiger partial charge in [-0.2, -0.15) is 8.78 Å². The van der Waals surface area contributed by atoms with Crippen molar-refractivity contribution in [3.8, 4) is 5.75 Å². The number of hydrogen-bond acceptors (Lipinski definition) is 3. The Bertz CT molecular complexity index is 560. The van der Waals surface area contributed by atoms with E-state index >= 15 is 0 Å². The van der Waals surface area contributed by atoms with Crippen LogP contribution in [-0.2, 0) is 11.3 Å². The lowest BCUT2D eigenvalue weighted by Gasteiger charge is -2.38. The van der Waals surface area contributed by atoms with Crippen molar-refractivity contribution in [3.63, 3.8) is 0 Å². The quantitative estimate of drug-likeness (QED) is 0.622. The molecular formula is C16H23F2N3O2. The zero-order chi connectivity index (χ0) is 16.9. The number of ether oxygens (including phenoxy) is 2. The van der Waals surface area contributed by atoms with E-state index in [0.717, 1.165) is 25.3 Å². The fourth-order valence-electron chi connectivity index (χ4n) is 2.31. The molecule has 1 fully saturated rings. The van der Waals surface area contributed by atoms with E-state index in [-0.39, 0.29) is 11.2 Å². The number of benzene rings is 1. The van der Waals surface area contributed by atoms with Crippen molar-refractivity contribution in [2.24, 2.45) is 10.4 Å². The van der Waals surface area contributed by atoms with E-state index in [2.05, 4.69) is 27.3 Å². The van der Waals surface area contributed by atoms with Gasteiger partial charge in [0.15, 0.2) is 5.96 Å². The minimum absolute atomic E-state index is 0.116. The lowest BCUT2D eigenvalue weighted by molar-refractivity contribution is -0.0971. The standard InChI is InChI=1S/C16H23F2N3O2/c1-11-4-5-13(23-14(17)18)12(6-11)7-20-15(19-3)21-8-16(2)9-22-10-16/h4-6,14H,7-10H2,1-3H3,(H2,19,20,21). The molecule has 0 aromatic heterocycles. The Morgan fingerprint density at radius 3 is 2.70 bits per heavy atom. The molecule has 0 bridgehead atoms. The third-order valence-electron chi connectivity index (χ3n) is 3.69. The molecule has 0 aliphatic carbocycles.